The van der Waals surface area contributed by atoms with Gasteiger partial charge in [-0.25, -0.2) is 14.5 Å². The van der Waals surface area contributed by atoms with E-state index in [1.165, 1.54) is 48.5 Å². The first-order valence-electron chi connectivity index (χ1n) is 22.2. The minimum atomic E-state index is -2.23. The zero-order chi connectivity index (χ0) is 49.1. The molecule has 17 nitrogen and oxygen atoms in total. The van der Waals surface area contributed by atoms with E-state index in [0.717, 1.165) is 4.90 Å². The van der Waals surface area contributed by atoms with Crippen molar-refractivity contribution in [2.75, 3.05) is 18.0 Å². The second-order valence-electron chi connectivity index (χ2n) is 16.9. The lowest BCUT2D eigenvalue weighted by molar-refractivity contribution is -0.384. The van der Waals surface area contributed by atoms with Crippen LogP contribution in [-0.4, -0.2) is 69.1 Å². The number of amides is 5. The van der Waals surface area contributed by atoms with Gasteiger partial charge in [0.15, 0.2) is 0 Å². The molecule has 6 aromatic rings. The third-order valence-corrected chi connectivity index (χ3v) is 12.9. The fourth-order valence-electron chi connectivity index (χ4n) is 9.92. The topological polar surface area (TPSA) is 244 Å². The number of primary amides is 1. The van der Waals surface area contributed by atoms with Crippen LogP contribution in [0.2, 0.25) is 0 Å². The number of urea groups is 1. The van der Waals surface area contributed by atoms with Crippen LogP contribution in [0.5, 0.6) is 5.75 Å². The molecule has 0 unspecified atom stereocenters. The minimum Gasteiger partial charge on any atom is -0.508 e. The van der Waals surface area contributed by atoms with E-state index in [4.69, 9.17) is 15.2 Å². The molecule has 3 heterocycles. The van der Waals surface area contributed by atoms with Crippen LogP contribution < -0.4 is 21.3 Å². The number of imide groups is 1. The highest BCUT2D eigenvalue weighted by Crippen LogP contribution is 2.66. The van der Waals surface area contributed by atoms with E-state index in [2.05, 4.69) is 22.5 Å². The molecule has 3 aliphatic rings. The molecule has 7 atom stereocenters. The van der Waals surface area contributed by atoms with Gasteiger partial charge in [-0.3, -0.25) is 29.4 Å². The number of hydrogen-bond acceptors (Lipinski definition) is 12. The van der Waals surface area contributed by atoms with Crippen molar-refractivity contribution in [3.63, 3.8) is 0 Å². The largest absolute Gasteiger partial charge is 0.508 e. The third-order valence-electron chi connectivity index (χ3n) is 12.9. The Labute approximate surface area is 400 Å². The summed E-state index contributed by atoms with van der Waals surface area (Å²) in [6, 6.07) is 38.1. The molecule has 1 spiro atoms. The molecule has 2 fully saturated rings. The van der Waals surface area contributed by atoms with Gasteiger partial charge < -0.3 is 36.1 Å². The van der Waals surface area contributed by atoms with Gasteiger partial charge >= 0.3 is 18.1 Å². The van der Waals surface area contributed by atoms with E-state index in [-0.39, 0.29) is 41.3 Å². The van der Waals surface area contributed by atoms with Gasteiger partial charge in [0, 0.05) is 24.2 Å². The second kappa shape index (κ2) is 19.4. The Morgan fingerprint density at radius 1 is 0.814 bits per heavy atom. The van der Waals surface area contributed by atoms with E-state index in [0.29, 0.717) is 27.8 Å². The second-order valence-corrected chi connectivity index (χ2v) is 16.9. The molecular weight excluding hydrogens is 897 g/mol. The van der Waals surface area contributed by atoms with Crippen LogP contribution in [0.1, 0.15) is 63.2 Å². The van der Waals surface area contributed by atoms with Crippen LogP contribution in [0.4, 0.5) is 21.0 Å². The number of cyclic esters (lactones) is 1. The van der Waals surface area contributed by atoms with Gasteiger partial charge in [0.25, 0.3) is 5.69 Å². The number of carbonyl (C=O) groups excluding carboxylic acids is 5. The average Bonchev–Trinajstić information content (AvgIpc) is 3.83. The SMILES string of the molecule is NC(=O)NCC#Cc1ccc2c(c1)[C@]1(C(=O)N2C(=O)OCc2ccc([N+](=O)[O-])cc2)[C@H](C(=O)NC[C@H](O)c2ccccc2)[C@H]2C(=O)O[C@H](c3ccccc3)[C@H](c3ccccc3)N2[C@@H]1c1ccc(O)cc1. The number of nitrogens with one attached hydrogen (secondary N) is 2. The number of phenols is 1. The molecule has 2 saturated heterocycles. The van der Waals surface area contributed by atoms with Gasteiger partial charge in [-0.15, -0.1) is 0 Å². The van der Waals surface area contributed by atoms with E-state index < -0.39 is 83.1 Å². The van der Waals surface area contributed by atoms with E-state index >= 15 is 14.4 Å². The number of non-ortho nitro benzene ring substituents is 1. The number of aromatic hydroxyl groups is 1. The van der Waals surface area contributed by atoms with Gasteiger partial charge in [-0.05, 0) is 75.8 Å². The number of hydrogen-bond donors (Lipinski definition) is 5. The van der Waals surface area contributed by atoms with Crippen LogP contribution in [0.25, 0.3) is 0 Å². The molecule has 6 N–H and O–H groups in total. The molecule has 0 saturated carbocycles. The third kappa shape index (κ3) is 8.53. The normalized spacial score (nSPS) is 21.6. The van der Waals surface area contributed by atoms with Crippen molar-refractivity contribution < 1.29 is 48.6 Å². The summed E-state index contributed by atoms with van der Waals surface area (Å²) in [7, 11) is 0. The zero-order valence-electron chi connectivity index (χ0n) is 37.1. The maximum absolute atomic E-state index is 16.4. The fraction of sp³-hybridized carbons (Fsp3) is 0.189. The molecule has 17 heteroatoms. The Balaban J connectivity index is 1.28. The summed E-state index contributed by atoms with van der Waals surface area (Å²) in [6.45, 7) is -0.919. The Morgan fingerprint density at radius 3 is 2.10 bits per heavy atom. The number of nitrogens with zero attached hydrogens (tertiary/aromatic N) is 3. The molecule has 6 aromatic carbocycles. The number of ether oxygens (including phenoxy) is 2. The van der Waals surface area contributed by atoms with Crippen LogP contribution in [0, 0.1) is 27.9 Å². The van der Waals surface area contributed by atoms with Crippen LogP contribution >= 0.6 is 0 Å². The van der Waals surface area contributed by atoms with Gasteiger partial charge in [-0.1, -0.05) is 115 Å². The summed E-state index contributed by atoms with van der Waals surface area (Å²) in [5.41, 5.74) is 5.73. The van der Waals surface area contributed by atoms with Crippen molar-refractivity contribution in [1.82, 2.24) is 15.5 Å². The quantitative estimate of drug-likeness (QED) is 0.0424. The number of esters is 1. The number of rotatable bonds is 11. The summed E-state index contributed by atoms with van der Waals surface area (Å²) in [6.07, 6.45) is -3.40. The lowest BCUT2D eigenvalue weighted by Crippen LogP contribution is -2.56. The highest BCUT2D eigenvalue weighted by molar-refractivity contribution is 6.23. The van der Waals surface area contributed by atoms with Gasteiger partial charge in [-0.2, -0.15) is 0 Å². The highest BCUT2D eigenvalue weighted by Gasteiger charge is 2.75. The molecule has 352 valence electrons. The number of nitro benzene ring substituents is 1. The number of aliphatic hydroxyl groups excluding tert-OH is 1. The Bertz CT molecular complexity index is 3040. The maximum Gasteiger partial charge on any atom is 0.421 e. The number of anilines is 1. The molecule has 9 rings (SSSR count). The summed E-state index contributed by atoms with van der Waals surface area (Å²) >= 11 is 0. The first-order valence-corrected chi connectivity index (χ1v) is 22.2. The average molecular weight is 941 g/mol. The number of morpholine rings is 1. The summed E-state index contributed by atoms with van der Waals surface area (Å²) in [5.74, 6) is 1.31. The zero-order valence-corrected chi connectivity index (χ0v) is 37.1. The Kier molecular flexibility index (Phi) is 12.8. The molecule has 0 radical (unpaired) electrons. The molecule has 0 aromatic heterocycles. The molecular formula is C53H44N6O11. The number of nitro groups is 1. The van der Waals surface area contributed by atoms with E-state index in [9.17, 15) is 29.9 Å². The number of phenolic OH excluding ortho intramolecular Hbond substituents is 1. The molecule has 0 bridgehead atoms. The Morgan fingerprint density at radius 2 is 1.46 bits per heavy atom. The van der Waals surface area contributed by atoms with E-state index in [1.54, 1.807) is 65.6 Å². The number of nitrogens with two attached hydrogens (primary N) is 1. The van der Waals surface area contributed by atoms with Crippen molar-refractivity contribution in [3.8, 4) is 17.6 Å². The van der Waals surface area contributed by atoms with Crippen molar-refractivity contribution in [2.45, 2.75) is 42.4 Å². The first kappa shape index (κ1) is 46.3. The summed E-state index contributed by atoms with van der Waals surface area (Å²) in [4.78, 5) is 87.0. The fourth-order valence-corrected chi connectivity index (χ4v) is 9.92. The predicted octanol–water partition coefficient (Wildman–Crippen LogP) is 6.17. The molecule has 5 amide bonds. The Hall–Kier alpha value is -8.85. The van der Waals surface area contributed by atoms with Crippen LogP contribution in [-0.2, 0) is 35.9 Å². The van der Waals surface area contributed by atoms with Crippen LogP contribution in [0.3, 0.4) is 0 Å². The number of fused-ring (bicyclic) bond motifs is 3. The first-order chi connectivity index (χ1) is 33.9. The van der Waals surface area contributed by atoms with Crippen molar-refractivity contribution in [1.29, 1.82) is 0 Å². The maximum atomic E-state index is 16.4. The van der Waals surface area contributed by atoms with Gasteiger partial charge in [0.05, 0.1) is 41.3 Å². The van der Waals surface area contributed by atoms with Crippen LogP contribution in [0.15, 0.2) is 158 Å². The molecule has 0 aliphatic carbocycles. The minimum absolute atomic E-state index is 0.00510. The van der Waals surface area contributed by atoms with Gasteiger partial charge in [0.1, 0.15) is 29.9 Å². The lowest BCUT2D eigenvalue weighted by atomic mass is 9.65. The summed E-state index contributed by atoms with van der Waals surface area (Å²) < 4.78 is 12.3. The van der Waals surface area contributed by atoms with Crippen molar-refractivity contribution >= 4 is 41.3 Å². The molecule has 70 heavy (non-hydrogen) atoms. The van der Waals surface area contributed by atoms with Gasteiger partial charge in [0.2, 0.25) is 11.8 Å². The smallest absolute Gasteiger partial charge is 0.421 e. The number of benzene rings is 6. The standard InChI is InChI=1S/C53H44N6O11/c54-51(65)55-28-10-11-32-20-27-41-40(29-32)53(50(64)57(41)52(66)69-31-33-18-23-38(24-19-33)59(67)68)43(48(62)56-30-42(61)34-12-4-1-5-13-34)45-49(63)70-46(36-16-8-3-9-17-36)44(35-14-6-2-7-15-35)58(45)47(53)37-21-25-39(60)26-22-37/h1-9,12-27,29,42-47,60-61H,28,30-31H2,(H,56,62)(H3,54,55,65)/t42-,43-,44-,45-,46+,47+,53-/m0/s1. The predicted molar refractivity (Wildman–Crippen MR) is 252 cm³/mol. The summed E-state index contributed by atoms with van der Waals surface area (Å²) in [5, 5.41) is 38.7. The monoisotopic (exact) mass is 940 g/mol. The van der Waals surface area contributed by atoms with E-state index in [1.807, 2.05) is 48.5 Å². The number of carbonyl (C=O) groups is 5. The lowest BCUT2D eigenvalue weighted by Gasteiger charge is -2.46. The highest BCUT2D eigenvalue weighted by atomic mass is 16.6. The van der Waals surface area contributed by atoms with Crippen molar-refractivity contribution in [3.05, 3.63) is 207 Å². The number of aliphatic hydroxyl groups is 1. The molecule has 3 aliphatic heterocycles. The van der Waals surface area contributed by atoms with Crippen molar-refractivity contribution in [2.24, 2.45) is 11.7 Å².